The monoisotopic (exact) mass is 477 g/mol. The van der Waals surface area contributed by atoms with Gasteiger partial charge in [-0.15, -0.1) is 0 Å². The molecule has 3 rings (SSSR count). The molecule has 0 radical (unpaired) electrons. The molecular weight excluding hydrogens is 460 g/mol. The van der Waals surface area contributed by atoms with Gasteiger partial charge in [-0.2, -0.15) is 5.10 Å². The molecule has 166 valence electrons. The average Bonchev–Trinajstić information content (AvgIpc) is 2.75. The van der Waals surface area contributed by atoms with Gasteiger partial charge in [-0.05, 0) is 55.5 Å². The lowest BCUT2D eigenvalue weighted by Crippen LogP contribution is -2.39. The van der Waals surface area contributed by atoms with Crippen LogP contribution in [0.5, 0.6) is 0 Å². The second-order valence-electron chi connectivity index (χ2n) is 6.73. The highest BCUT2D eigenvalue weighted by Gasteiger charge is 2.27. The van der Waals surface area contributed by atoms with E-state index in [4.69, 9.17) is 11.6 Å². The number of carbonyl (C=O) groups excluding carboxylic acids is 1. The van der Waals surface area contributed by atoms with Crippen molar-refractivity contribution >= 4 is 39.4 Å². The van der Waals surface area contributed by atoms with Gasteiger partial charge in [-0.3, -0.25) is 9.10 Å². The minimum Gasteiger partial charge on any atom is -0.271 e. The maximum absolute atomic E-state index is 13.8. The molecule has 0 unspecified atom stereocenters. The van der Waals surface area contributed by atoms with Gasteiger partial charge in [0, 0.05) is 5.56 Å². The number of aryl methyl sites for hydroxylation is 1. The Kier molecular flexibility index (Phi) is 7.22. The number of sulfonamides is 1. The zero-order valence-electron chi connectivity index (χ0n) is 16.8. The maximum Gasteiger partial charge on any atom is 0.264 e. The largest absolute Gasteiger partial charge is 0.271 e. The number of hydrogen-bond donors (Lipinski definition) is 1. The summed E-state index contributed by atoms with van der Waals surface area (Å²) in [5, 5.41) is 3.76. The molecule has 6 nitrogen and oxygen atoms in total. The molecule has 0 spiro atoms. The molecule has 32 heavy (non-hydrogen) atoms. The van der Waals surface area contributed by atoms with Crippen LogP contribution >= 0.6 is 11.6 Å². The van der Waals surface area contributed by atoms with E-state index < -0.39 is 34.1 Å². The highest BCUT2D eigenvalue weighted by molar-refractivity contribution is 7.92. The van der Waals surface area contributed by atoms with Gasteiger partial charge in [0.15, 0.2) is 0 Å². The Hall–Kier alpha value is -3.30. The highest BCUT2D eigenvalue weighted by atomic mass is 35.5. The number of benzene rings is 3. The third kappa shape index (κ3) is 5.49. The smallest absolute Gasteiger partial charge is 0.264 e. The number of anilines is 1. The Bertz CT molecular complexity index is 1230. The number of nitrogens with one attached hydrogen (secondary N) is 1. The van der Waals surface area contributed by atoms with Crippen LogP contribution in [0.15, 0.2) is 76.7 Å². The standard InChI is InChI=1S/C22H18ClF2N3O3S/c1-15-5-11-18(12-6-15)32(30,31)28(17-9-7-16(24)8-10-17)14-22(29)27-26-13-19-20(23)3-2-4-21(19)25/h2-13H,14H2,1H3,(H,27,29)/b26-13-. The first-order valence-corrected chi connectivity index (χ1v) is 11.1. The number of rotatable bonds is 7. The zero-order valence-corrected chi connectivity index (χ0v) is 18.4. The van der Waals surface area contributed by atoms with Crippen molar-refractivity contribution in [3.63, 3.8) is 0 Å². The van der Waals surface area contributed by atoms with E-state index >= 15 is 0 Å². The molecule has 3 aromatic carbocycles. The predicted octanol–water partition coefficient (Wildman–Crippen LogP) is 4.27. The second-order valence-corrected chi connectivity index (χ2v) is 9.00. The van der Waals surface area contributed by atoms with Crippen molar-refractivity contribution in [2.75, 3.05) is 10.8 Å². The third-order valence-corrected chi connectivity index (χ3v) is 6.51. The van der Waals surface area contributed by atoms with Gasteiger partial charge in [0.1, 0.15) is 18.2 Å². The summed E-state index contributed by atoms with van der Waals surface area (Å²) >= 11 is 5.90. The molecule has 10 heteroatoms. The summed E-state index contributed by atoms with van der Waals surface area (Å²) in [4.78, 5) is 12.4. The van der Waals surface area contributed by atoms with Gasteiger partial charge in [-0.1, -0.05) is 35.4 Å². The molecule has 0 saturated heterocycles. The fraction of sp³-hybridized carbons (Fsp3) is 0.0909. The van der Waals surface area contributed by atoms with Crippen LogP contribution < -0.4 is 9.73 Å². The van der Waals surface area contributed by atoms with Crippen molar-refractivity contribution in [2.24, 2.45) is 5.10 Å². The summed E-state index contributed by atoms with van der Waals surface area (Å²) in [6.45, 7) is 1.16. The van der Waals surface area contributed by atoms with Gasteiger partial charge in [0.2, 0.25) is 0 Å². The average molecular weight is 478 g/mol. The topological polar surface area (TPSA) is 78.8 Å². The molecule has 0 atom stereocenters. The number of hydrogen-bond acceptors (Lipinski definition) is 4. The molecular formula is C22H18ClF2N3O3S. The van der Waals surface area contributed by atoms with Crippen LogP contribution in [-0.4, -0.2) is 27.1 Å². The number of carbonyl (C=O) groups is 1. The number of nitrogens with zero attached hydrogens (tertiary/aromatic N) is 2. The molecule has 0 aromatic heterocycles. The summed E-state index contributed by atoms with van der Waals surface area (Å²) in [5.74, 6) is -1.99. The quantitative estimate of drug-likeness (QED) is 0.407. The molecule has 1 N–H and O–H groups in total. The van der Waals surface area contributed by atoms with E-state index in [1.54, 1.807) is 19.1 Å². The van der Waals surface area contributed by atoms with Crippen LogP contribution in [-0.2, 0) is 14.8 Å². The fourth-order valence-corrected chi connectivity index (χ4v) is 4.36. The first kappa shape index (κ1) is 23.4. The van der Waals surface area contributed by atoms with E-state index in [2.05, 4.69) is 10.5 Å². The van der Waals surface area contributed by atoms with E-state index in [9.17, 15) is 22.0 Å². The molecule has 0 aliphatic carbocycles. The zero-order chi connectivity index (χ0) is 23.3. The Morgan fingerprint density at radius 3 is 2.34 bits per heavy atom. The van der Waals surface area contributed by atoms with E-state index in [-0.39, 0.29) is 21.2 Å². The molecule has 0 aliphatic heterocycles. The third-order valence-electron chi connectivity index (χ3n) is 4.39. The lowest BCUT2D eigenvalue weighted by atomic mass is 10.2. The van der Waals surface area contributed by atoms with Gasteiger partial charge < -0.3 is 0 Å². The SMILES string of the molecule is Cc1ccc(S(=O)(=O)N(CC(=O)N/N=C\c2c(F)cccc2Cl)c2ccc(F)cc2)cc1. The molecule has 0 aliphatic rings. The normalized spacial score (nSPS) is 11.5. The van der Waals surface area contributed by atoms with Crippen LogP contribution in [0.1, 0.15) is 11.1 Å². The van der Waals surface area contributed by atoms with E-state index in [0.29, 0.717) is 0 Å². The van der Waals surface area contributed by atoms with Crippen molar-refractivity contribution in [3.8, 4) is 0 Å². The number of amides is 1. The summed E-state index contributed by atoms with van der Waals surface area (Å²) in [6, 6.07) is 14.8. The van der Waals surface area contributed by atoms with Crippen molar-refractivity contribution < 1.29 is 22.0 Å². The molecule has 1 amide bonds. The van der Waals surface area contributed by atoms with Crippen LogP contribution in [0.4, 0.5) is 14.5 Å². The van der Waals surface area contributed by atoms with Gasteiger partial charge >= 0.3 is 0 Å². The lowest BCUT2D eigenvalue weighted by Gasteiger charge is -2.23. The van der Waals surface area contributed by atoms with Crippen molar-refractivity contribution in [2.45, 2.75) is 11.8 Å². The van der Waals surface area contributed by atoms with Crippen LogP contribution in [0, 0.1) is 18.6 Å². The summed E-state index contributed by atoms with van der Waals surface area (Å²) < 4.78 is 54.4. The van der Waals surface area contributed by atoms with Crippen LogP contribution in [0.3, 0.4) is 0 Å². The summed E-state index contributed by atoms with van der Waals surface area (Å²) in [6.07, 6.45) is 1.02. The van der Waals surface area contributed by atoms with E-state index in [1.807, 2.05) is 0 Å². The Morgan fingerprint density at radius 2 is 1.72 bits per heavy atom. The summed E-state index contributed by atoms with van der Waals surface area (Å²) in [7, 11) is -4.15. The number of halogens is 3. The number of hydrazone groups is 1. The van der Waals surface area contributed by atoms with Gasteiger partial charge in [0.25, 0.3) is 15.9 Å². The predicted molar refractivity (Wildman–Crippen MR) is 119 cm³/mol. The molecule has 0 bridgehead atoms. The molecule has 0 heterocycles. The fourth-order valence-electron chi connectivity index (χ4n) is 2.73. The van der Waals surface area contributed by atoms with Crippen LogP contribution in [0.25, 0.3) is 0 Å². The molecule has 3 aromatic rings. The molecule has 0 saturated carbocycles. The van der Waals surface area contributed by atoms with Gasteiger partial charge in [0.05, 0.1) is 21.8 Å². The van der Waals surface area contributed by atoms with Crippen molar-refractivity contribution in [1.82, 2.24) is 5.43 Å². The van der Waals surface area contributed by atoms with Gasteiger partial charge in [-0.25, -0.2) is 22.6 Å². The maximum atomic E-state index is 13.8. The van der Waals surface area contributed by atoms with Crippen molar-refractivity contribution in [1.29, 1.82) is 0 Å². The summed E-state index contributed by atoms with van der Waals surface area (Å²) in [5.41, 5.74) is 3.07. The van der Waals surface area contributed by atoms with E-state index in [1.165, 1.54) is 42.5 Å². The highest BCUT2D eigenvalue weighted by Crippen LogP contribution is 2.24. The van der Waals surface area contributed by atoms with Crippen LogP contribution in [0.2, 0.25) is 5.02 Å². The minimum absolute atomic E-state index is 0.0304. The molecule has 0 fully saturated rings. The minimum atomic E-state index is -4.15. The second kappa shape index (κ2) is 9.88. The first-order chi connectivity index (χ1) is 15.2. The van der Waals surface area contributed by atoms with Crippen molar-refractivity contribution in [3.05, 3.63) is 94.5 Å². The Labute approximate surface area is 189 Å². The Balaban J connectivity index is 1.85. The lowest BCUT2D eigenvalue weighted by molar-refractivity contribution is -0.119. The van der Waals surface area contributed by atoms with E-state index in [0.717, 1.165) is 28.2 Å². The Morgan fingerprint density at radius 1 is 1.06 bits per heavy atom. The first-order valence-electron chi connectivity index (χ1n) is 9.29.